The predicted molar refractivity (Wildman–Crippen MR) is 101 cm³/mol. The fourth-order valence-corrected chi connectivity index (χ4v) is 2.63. The van der Waals surface area contributed by atoms with Crippen molar-refractivity contribution in [1.29, 1.82) is 0 Å². The molecule has 1 unspecified atom stereocenters. The number of aliphatic carboxylic acids is 1. The maximum atomic E-state index is 10.4. The zero-order valence-corrected chi connectivity index (χ0v) is 15.1. The summed E-state index contributed by atoms with van der Waals surface area (Å²) in [5, 5.41) is 27.6. The van der Waals surface area contributed by atoms with Crippen molar-refractivity contribution in [3.05, 3.63) is 48.6 Å². The zero-order valence-electron chi connectivity index (χ0n) is 15.1. The monoisotopic (exact) mass is 348 g/mol. The maximum Gasteiger partial charge on any atom is 0.303 e. The van der Waals surface area contributed by atoms with E-state index in [0.717, 1.165) is 31.1 Å². The largest absolute Gasteiger partial charge is 0.481 e. The number of carboxylic acid groups (broad SMARTS) is 1. The first-order chi connectivity index (χ1) is 12.0. The Kier molecular flexibility index (Phi) is 10.8. The third-order valence-corrected chi connectivity index (χ3v) is 4.42. The van der Waals surface area contributed by atoms with Crippen LogP contribution in [0.3, 0.4) is 0 Å². The third kappa shape index (κ3) is 11.5. The summed E-state index contributed by atoms with van der Waals surface area (Å²) < 4.78 is 0. The molecule has 25 heavy (non-hydrogen) atoms. The lowest BCUT2D eigenvalue weighted by Crippen LogP contribution is -2.03. The van der Waals surface area contributed by atoms with E-state index in [0.29, 0.717) is 12.8 Å². The third-order valence-electron chi connectivity index (χ3n) is 4.42. The van der Waals surface area contributed by atoms with Crippen LogP contribution in [-0.2, 0) is 4.79 Å². The van der Waals surface area contributed by atoms with Crippen LogP contribution in [0.2, 0.25) is 0 Å². The van der Waals surface area contributed by atoms with E-state index in [1.54, 1.807) is 6.08 Å². The van der Waals surface area contributed by atoms with Crippen molar-refractivity contribution in [1.82, 2.24) is 0 Å². The molecule has 3 N–H and O–H groups in total. The Labute approximate surface area is 151 Å². The standard InChI is InChI=1S/C21H32O4/c1-2-19(22)12-7-3-5-10-17-16-18(17)11-6-4-8-13-20(23)14-9-15-21(24)25/h3-8,12-13,17-20,22-23H,2,9-11,14-16H2,1H3,(H,24,25)/b5-3-,6-4-,12-7+,13-8+/t17-,18+,19-,20?/m1/s1. The van der Waals surface area contributed by atoms with Crippen molar-refractivity contribution in [2.75, 3.05) is 0 Å². The van der Waals surface area contributed by atoms with E-state index >= 15 is 0 Å². The highest BCUT2D eigenvalue weighted by atomic mass is 16.4. The molecule has 1 saturated carbocycles. The average molecular weight is 348 g/mol. The molecule has 1 aliphatic rings. The summed E-state index contributed by atoms with van der Waals surface area (Å²) in [6, 6.07) is 0. The van der Waals surface area contributed by atoms with Crippen LogP contribution in [0.15, 0.2) is 48.6 Å². The van der Waals surface area contributed by atoms with Crippen LogP contribution in [0.5, 0.6) is 0 Å². The molecule has 0 aromatic carbocycles. The van der Waals surface area contributed by atoms with Gasteiger partial charge >= 0.3 is 5.97 Å². The van der Waals surface area contributed by atoms with E-state index in [2.05, 4.69) is 12.2 Å². The number of aliphatic hydroxyl groups is 2. The fraction of sp³-hybridized carbons (Fsp3) is 0.571. The smallest absolute Gasteiger partial charge is 0.303 e. The Balaban J connectivity index is 2.08. The van der Waals surface area contributed by atoms with Gasteiger partial charge < -0.3 is 15.3 Å². The van der Waals surface area contributed by atoms with Crippen molar-refractivity contribution < 1.29 is 20.1 Å². The van der Waals surface area contributed by atoms with Gasteiger partial charge in [0.05, 0.1) is 12.2 Å². The molecule has 0 spiro atoms. The molecule has 1 aliphatic carbocycles. The van der Waals surface area contributed by atoms with E-state index in [4.69, 9.17) is 5.11 Å². The van der Waals surface area contributed by atoms with Crippen molar-refractivity contribution in [3.8, 4) is 0 Å². The first-order valence-electron chi connectivity index (χ1n) is 9.27. The van der Waals surface area contributed by atoms with Gasteiger partial charge in [-0.25, -0.2) is 0 Å². The Hall–Kier alpha value is -1.65. The molecular formula is C21H32O4. The molecule has 0 heterocycles. The second-order valence-electron chi connectivity index (χ2n) is 6.68. The minimum atomic E-state index is -0.820. The topological polar surface area (TPSA) is 77.8 Å². The molecule has 4 atom stereocenters. The van der Waals surface area contributed by atoms with E-state index in [-0.39, 0.29) is 12.5 Å². The summed E-state index contributed by atoms with van der Waals surface area (Å²) in [5.74, 6) is 0.690. The van der Waals surface area contributed by atoms with Gasteiger partial charge in [0.2, 0.25) is 0 Å². The van der Waals surface area contributed by atoms with Gasteiger partial charge in [-0.1, -0.05) is 55.5 Å². The molecule has 140 valence electrons. The highest BCUT2D eigenvalue weighted by molar-refractivity contribution is 5.66. The van der Waals surface area contributed by atoms with E-state index in [1.807, 2.05) is 37.3 Å². The Morgan fingerprint density at radius 1 is 1.00 bits per heavy atom. The lowest BCUT2D eigenvalue weighted by molar-refractivity contribution is -0.137. The minimum absolute atomic E-state index is 0.104. The van der Waals surface area contributed by atoms with Gasteiger partial charge in [0.1, 0.15) is 0 Å². The number of carboxylic acids is 1. The predicted octanol–water partition coefficient (Wildman–Crippen LogP) is 4.01. The molecule has 1 rings (SSSR count). The van der Waals surface area contributed by atoms with Crippen LogP contribution in [0.1, 0.15) is 51.9 Å². The highest BCUT2D eigenvalue weighted by Crippen LogP contribution is 2.44. The molecule has 0 bridgehead atoms. The van der Waals surface area contributed by atoms with Crippen LogP contribution >= 0.6 is 0 Å². The van der Waals surface area contributed by atoms with Crippen LogP contribution in [0.4, 0.5) is 0 Å². The molecule has 0 aromatic rings. The average Bonchev–Trinajstić information content (AvgIpc) is 3.31. The van der Waals surface area contributed by atoms with Crippen molar-refractivity contribution >= 4 is 5.97 Å². The van der Waals surface area contributed by atoms with Gasteiger partial charge in [0, 0.05) is 6.42 Å². The highest BCUT2D eigenvalue weighted by Gasteiger charge is 2.34. The molecule has 0 saturated heterocycles. The quantitative estimate of drug-likeness (QED) is 0.439. The summed E-state index contributed by atoms with van der Waals surface area (Å²) in [7, 11) is 0. The second-order valence-corrected chi connectivity index (χ2v) is 6.68. The number of allylic oxidation sites excluding steroid dienone is 6. The van der Waals surface area contributed by atoms with Crippen molar-refractivity contribution in [2.45, 2.75) is 64.1 Å². The number of carbonyl (C=O) groups is 1. The van der Waals surface area contributed by atoms with Gasteiger partial charge in [0.25, 0.3) is 0 Å². The maximum absolute atomic E-state index is 10.4. The normalized spacial score (nSPS) is 23.2. The Morgan fingerprint density at radius 2 is 1.56 bits per heavy atom. The Bertz CT molecular complexity index is 490. The number of hydrogen-bond acceptors (Lipinski definition) is 3. The lowest BCUT2D eigenvalue weighted by Gasteiger charge is -2.02. The van der Waals surface area contributed by atoms with Crippen LogP contribution < -0.4 is 0 Å². The van der Waals surface area contributed by atoms with Gasteiger partial charge in [-0.2, -0.15) is 0 Å². The SMILES string of the molecule is CC[C@@H](O)/C=C/C=C\C[C@@H]1C[C@@H]1C/C=C\C=C\C(O)CCCC(=O)O. The van der Waals surface area contributed by atoms with Gasteiger partial charge in [-0.15, -0.1) is 0 Å². The number of hydrogen-bond donors (Lipinski definition) is 3. The van der Waals surface area contributed by atoms with E-state index in [9.17, 15) is 15.0 Å². The van der Waals surface area contributed by atoms with Crippen LogP contribution in [0, 0.1) is 11.8 Å². The summed E-state index contributed by atoms with van der Waals surface area (Å²) >= 11 is 0. The zero-order chi connectivity index (χ0) is 18.5. The molecule has 0 aromatic heterocycles. The van der Waals surface area contributed by atoms with Crippen LogP contribution in [-0.4, -0.2) is 33.5 Å². The minimum Gasteiger partial charge on any atom is -0.481 e. The summed E-state index contributed by atoms with van der Waals surface area (Å²) in [5.41, 5.74) is 0. The van der Waals surface area contributed by atoms with Gasteiger partial charge in [-0.3, -0.25) is 4.79 Å². The summed E-state index contributed by atoms with van der Waals surface area (Å²) in [6.45, 7) is 1.95. The summed E-state index contributed by atoms with van der Waals surface area (Å²) in [4.78, 5) is 10.4. The first kappa shape index (κ1) is 21.4. The van der Waals surface area contributed by atoms with E-state index in [1.165, 1.54) is 6.42 Å². The van der Waals surface area contributed by atoms with Crippen LogP contribution in [0.25, 0.3) is 0 Å². The Morgan fingerprint density at radius 3 is 2.08 bits per heavy atom. The molecule has 0 aliphatic heterocycles. The van der Waals surface area contributed by atoms with Crippen molar-refractivity contribution in [2.24, 2.45) is 11.8 Å². The number of rotatable bonds is 13. The molecular weight excluding hydrogens is 316 g/mol. The molecule has 4 nitrogen and oxygen atoms in total. The first-order valence-corrected chi connectivity index (χ1v) is 9.27. The summed E-state index contributed by atoms with van der Waals surface area (Å²) in [6.07, 6.45) is 19.9. The molecule has 0 amide bonds. The number of aliphatic hydroxyl groups excluding tert-OH is 2. The lowest BCUT2D eigenvalue weighted by atomic mass is 10.1. The van der Waals surface area contributed by atoms with E-state index < -0.39 is 12.1 Å². The second kappa shape index (κ2) is 12.7. The van der Waals surface area contributed by atoms with Gasteiger partial charge in [-0.05, 0) is 50.4 Å². The fourth-order valence-electron chi connectivity index (χ4n) is 2.63. The van der Waals surface area contributed by atoms with Crippen molar-refractivity contribution in [3.63, 3.8) is 0 Å². The van der Waals surface area contributed by atoms with Gasteiger partial charge in [0.15, 0.2) is 0 Å². The molecule has 4 heteroatoms. The molecule has 1 fully saturated rings. The molecule has 0 radical (unpaired) electrons.